The van der Waals surface area contributed by atoms with Crippen LogP contribution in [0.2, 0.25) is 0 Å². The molecule has 1 atom stereocenters. The number of hydrogen-bond acceptors (Lipinski definition) is 2. The van der Waals surface area contributed by atoms with Gasteiger partial charge >= 0.3 is 0 Å². The van der Waals surface area contributed by atoms with Crippen LogP contribution in [-0.4, -0.2) is 13.7 Å². The molecule has 16 heavy (non-hydrogen) atoms. The Kier molecular flexibility index (Phi) is 4.81. The molecule has 1 aromatic carbocycles. The summed E-state index contributed by atoms with van der Waals surface area (Å²) in [5, 5.41) is 3.51. The van der Waals surface area contributed by atoms with E-state index in [0.717, 1.165) is 12.3 Å². The van der Waals surface area contributed by atoms with Crippen molar-refractivity contribution >= 4 is 0 Å². The van der Waals surface area contributed by atoms with Gasteiger partial charge in [0, 0.05) is 11.6 Å². The molecule has 0 bridgehead atoms. The molecule has 0 spiro atoms. The standard InChI is InChI=1S/C14H23NO/c1-6-15-14(10(2)3)12-8-7-11(4)9-13(12)16-5/h7-10,14-15H,6H2,1-5H3. The molecule has 0 fully saturated rings. The van der Waals surface area contributed by atoms with E-state index in [0.29, 0.717) is 12.0 Å². The Balaban J connectivity index is 3.07. The first-order valence-corrected chi connectivity index (χ1v) is 5.98. The maximum absolute atomic E-state index is 5.46. The van der Waals surface area contributed by atoms with E-state index in [9.17, 15) is 0 Å². The summed E-state index contributed by atoms with van der Waals surface area (Å²) in [7, 11) is 1.74. The largest absolute Gasteiger partial charge is 0.496 e. The average molecular weight is 221 g/mol. The predicted octanol–water partition coefficient (Wildman–Crippen LogP) is 3.31. The smallest absolute Gasteiger partial charge is 0.123 e. The van der Waals surface area contributed by atoms with E-state index in [1.54, 1.807) is 7.11 Å². The van der Waals surface area contributed by atoms with Crippen molar-refractivity contribution in [2.75, 3.05) is 13.7 Å². The third-order valence-corrected chi connectivity index (χ3v) is 2.81. The van der Waals surface area contributed by atoms with Crippen molar-refractivity contribution in [3.63, 3.8) is 0 Å². The molecule has 0 aliphatic heterocycles. The van der Waals surface area contributed by atoms with Gasteiger partial charge in [0.25, 0.3) is 0 Å². The van der Waals surface area contributed by atoms with Gasteiger partial charge in [0.15, 0.2) is 0 Å². The van der Waals surface area contributed by atoms with E-state index in [4.69, 9.17) is 4.74 Å². The molecule has 0 saturated heterocycles. The summed E-state index contributed by atoms with van der Waals surface area (Å²) in [5.74, 6) is 1.54. The Morgan fingerprint density at radius 2 is 2.00 bits per heavy atom. The number of nitrogens with one attached hydrogen (secondary N) is 1. The fraction of sp³-hybridized carbons (Fsp3) is 0.571. The second-order valence-electron chi connectivity index (χ2n) is 4.52. The molecule has 0 aromatic heterocycles. The third-order valence-electron chi connectivity index (χ3n) is 2.81. The fourth-order valence-electron chi connectivity index (χ4n) is 2.00. The molecule has 2 heteroatoms. The lowest BCUT2D eigenvalue weighted by atomic mass is 9.94. The molecule has 0 saturated carbocycles. The minimum atomic E-state index is 0.362. The van der Waals surface area contributed by atoms with Gasteiger partial charge in [-0.15, -0.1) is 0 Å². The number of methoxy groups -OCH3 is 1. The molecule has 0 radical (unpaired) electrons. The topological polar surface area (TPSA) is 21.3 Å². The second-order valence-corrected chi connectivity index (χ2v) is 4.52. The van der Waals surface area contributed by atoms with E-state index in [-0.39, 0.29) is 0 Å². The van der Waals surface area contributed by atoms with Gasteiger partial charge < -0.3 is 10.1 Å². The molecule has 1 N–H and O–H groups in total. The van der Waals surface area contributed by atoms with Gasteiger partial charge in [0.1, 0.15) is 5.75 Å². The average Bonchev–Trinajstić information content (AvgIpc) is 2.26. The maximum atomic E-state index is 5.46. The molecule has 1 unspecified atom stereocenters. The van der Waals surface area contributed by atoms with Crippen LogP contribution < -0.4 is 10.1 Å². The van der Waals surface area contributed by atoms with Crippen molar-refractivity contribution in [3.05, 3.63) is 29.3 Å². The van der Waals surface area contributed by atoms with Crippen LogP contribution in [0.15, 0.2) is 18.2 Å². The Morgan fingerprint density at radius 1 is 1.31 bits per heavy atom. The van der Waals surface area contributed by atoms with Gasteiger partial charge in [-0.3, -0.25) is 0 Å². The zero-order valence-corrected chi connectivity index (χ0v) is 11.0. The summed E-state index contributed by atoms with van der Waals surface area (Å²) in [4.78, 5) is 0. The summed E-state index contributed by atoms with van der Waals surface area (Å²) < 4.78 is 5.46. The fourth-order valence-corrected chi connectivity index (χ4v) is 2.00. The Bertz CT molecular complexity index is 334. The molecule has 0 aliphatic carbocycles. The lowest BCUT2D eigenvalue weighted by Gasteiger charge is -2.24. The van der Waals surface area contributed by atoms with Crippen LogP contribution in [-0.2, 0) is 0 Å². The quantitative estimate of drug-likeness (QED) is 0.823. The van der Waals surface area contributed by atoms with Gasteiger partial charge in [0.05, 0.1) is 7.11 Å². The van der Waals surface area contributed by atoms with Gasteiger partial charge in [-0.05, 0) is 31.0 Å². The zero-order valence-electron chi connectivity index (χ0n) is 11.0. The molecule has 0 aliphatic rings. The van der Waals surface area contributed by atoms with Crippen molar-refractivity contribution < 1.29 is 4.74 Å². The van der Waals surface area contributed by atoms with Crippen LogP contribution >= 0.6 is 0 Å². The van der Waals surface area contributed by atoms with Crippen molar-refractivity contribution in [2.24, 2.45) is 5.92 Å². The highest BCUT2D eigenvalue weighted by Crippen LogP contribution is 2.30. The van der Waals surface area contributed by atoms with Crippen molar-refractivity contribution in [1.29, 1.82) is 0 Å². The van der Waals surface area contributed by atoms with E-state index in [1.165, 1.54) is 11.1 Å². The molecule has 0 amide bonds. The van der Waals surface area contributed by atoms with Crippen LogP contribution in [0.4, 0.5) is 0 Å². The van der Waals surface area contributed by atoms with Crippen LogP contribution in [0.5, 0.6) is 5.75 Å². The minimum absolute atomic E-state index is 0.362. The number of hydrogen-bond donors (Lipinski definition) is 1. The van der Waals surface area contributed by atoms with Gasteiger partial charge in [-0.2, -0.15) is 0 Å². The molecular formula is C14H23NO. The first-order chi connectivity index (χ1) is 7.60. The number of rotatable bonds is 5. The van der Waals surface area contributed by atoms with Crippen LogP contribution in [0.1, 0.15) is 37.9 Å². The van der Waals surface area contributed by atoms with Gasteiger partial charge in [0.2, 0.25) is 0 Å². The van der Waals surface area contributed by atoms with Crippen molar-refractivity contribution in [1.82, 2.24) is 5.32 Å². The Morgan fingerprint density at radius 3 is 2.50 bits per heavy atom. The SMILES string of the molecule is CCNC(c1ccc(C)cc1OC)C(C)C. The lowest BCUT2D eigenvalue weighted by Crippen LogP contribution is -2.25. The molecule has 1 aromatic rings. The highest BCUT2D eigenvalue weighted by Gasteiger charge is 2.18. The van der Waals surface area contributed by atoms with E-state index in [1.807, 2.05) is 0 Å². The summed E-state index contributed by atoms with van der Waals surface area (Å²) in [5.41, 5.74) is 2.49. The Hall–Kier alpha value is -1.02. The number of aryl methyl sites for hydroxylation is 1. The van der Waals surface area contributed by atoms with Crippen LogP contribution in [0.3, 0.4) is 0 Å². The van der Waals surface area contributed by atoms with E-state index < -0.39 is 0 Å². The summed E-state index contributed by atoms with van der Waals surface area (Å²) >= 11 is 0. The summed E-state index contributed by atoms with van der Waals surface area (Å²) in [6, 6.07) is 6.77. The van der Waals surface area contributed by atoms with E-state index in [2.05, 4.69) is 51.2 Å². The van der Waals surface area contributed by atoms with Crippen molar-refractivity contribution in [3.8, 4) is 5.75 Å². The number of benzene rings is 1. The maximum Gasteiger partial charge on any atom is 0.123 e. The van der Waals surface area contributed by atoms with Gasteiger partial charge in [-0.25, -0.2) is 0 Å². The van der Waals surface area contributed by atoms with Crippen molar-refractivity contribution in [2.45, 2.75) is 33.7 Å². The third kappa shape index (κ3) is 2.99. The molecule has 0 heterocycles. The lowest BCUT2D eigenvalue weighted by molar-refractivity contribution is 0.374. The zero-order chi connectivity index (χ0) is 12.1. The number of ether oxygens (including phenoxy) is 1. The highest BCUT2D eigenvalue weighted by atomic mass is 16.5. The molecule has 2 nitrogen and oxygen atoms in total. The molecular weight excluding hydrogens is 198 g/mol. The molecule has 90 valence electrons. The second kappa shape index (κ2) is 5.90. The first kappa shape index (κ1) is 13.0. The highest BCUT2D eigenvalue weighted by molar-refractivity contribution is 5.39. The predicted molar refractivity (Wildman–Crippen MR) is 69.0 cm³/mol. The molecule has 1 rings (SSSR count). The summed E-state index contributed by atoms with van der Waals surface area (Å²) in [6.45, 7) is 9.65. The minimum Gasteiger partial charge on any atom is -0.496 e. The summed E-state index contributed by atoms with van der Waals surface area (Å²) in [6.07, 6.45) is 0. The normalized spacial score (nSPS) is 12.9. The van der Waals surface area contributed by atoms with Crippen LogP contribution in [0.25, 0.3) is 0 Å². The first-order valence-electron chi connectivity index (χ1n) is 5.98. The monoisotopic (exact) mass is 221 g/mol. The van der Waals surface area contributed by atoms with Gasteiger partial charge in [-0.1, -0.05) is 32.9 Å². The Labute approximate surface area is 99.0 Å². The van der Waals surface area contributed by atoms with E-state index >= 15 is 0 Å². The van der Waals surface area contributed by atoms with Crippen LogP contribution in [0, 0.1) is 12.8 Å².